The normalized spacial score (nSPS) is 19.6. The molecule has 0 saturated heterocycles. The van der Waals surface area contributed by atoms with Gasteiger partial charge in [-0.25, -0.2) is 9.78 Å². The first-order chi connectivity index (χ1) is 12.9. The molecule has 1 aliphatic heterocycles. The van der Waals surface area contributed by atoms with Crippen molar-refractivity contribution in [2.75, 3.05) is 6.61 Å². The van der Waals surface area contributed by atoms with Crippen molar-refractivity contribution in [3.05, 3.63) is 51.9 Å². The Kier molecular flexibility index (Phi) is 5.15. The first-order valence-corrected chi connectivity index (χ1v) is 8.86. The number of aromatic nitrogens is 1. The molecular formula is C20H18ClN3O3. The molecule has 7 heteroatoms. The first kappa shape index (κ1) is 18.9. The monoisotopic (exact) mass is 383 g/mol. The number of halogens is 1. The van der Waals surface area contributed by atoms with Crippen LogP contribution in [0.4, 0.5) is 0 Å². The molecule has 0 saturated carbocycles. The zero-order valence-corrected chi connectivity index (χ0v) is 15.9. The highest BCUT2D eigenvalue weighted by molar-refractivity contribution is 6.31. The molecule has 0 fully saturated rings. The Bertz CT molecular complexity index is 1020. The van der Waals surface area contributed by atoms with E-state index >= 15 is 0 Å². The summed E-state index contributed by atoms with van der Waals surface area (Å²) < 4.78 is 10.5. The number of nitriles is 1. The summed E-state index contributed by atoms with van der Waals surface area (Å²) in [5, 5.41) is 18.7. The van der Waals surface area contributed by atoms with Crippen LogP contribution in [0.3, 0.4) is 0 Å². The Hall–Kier alpha value is -2.91. The number of fused-ring (bicyclic) bond motifs is 1. The highest BCUT2D eigenvalue weighted by Crippen LogP contribution is 2.42. The molecule has 6 nitrogen and oxygen atoms in total. The maximum atomic E-state index is 12.6. The van der Waals surface area contributed by atoms with Crippen molar-refractivity contribution < 1.29 is 14.3 Å². The maximum Gasteiger partial charge on any atom is 0.338 e. The molecular weight excluding hydrogens is 366 g/mol. The minimum atomic E-state index is -1.00. The molecule has 1 aromatic carbocycles. The summed E-state index contributed by atoms with van der Waals surface area (Å²) >= 11 is 6.47. The van der Waals surface area contributed by atoms with E-state index in [4.69, 9.17) is 26.5 Å². The number of hydrogen-bond donors (Lipinski definition) is 1. The summed E-state index contributed by atoms with van der Waals surface area (Å²) in [6.07, 6.45) is 0. The number of nitrogens with one attached hydrogen (secondary N) is 1. The minimum Gasteiger partial charge on any atom is -0.463 e. The van der Waals surface area contributed by atoms with Crippen LogP contribution in [-0.2, 0) is 14.3 Å². The van der Waals surface area contributed by atoms with Gasteiger partial charge in [0.2, 0.25) is 5.90 Å². The minimum absolute atomic E-state index is 0.180. The largest absolute Gasteiger partial charge is 0.463 e. The van der Waals surface area contributed by atoms with E-state index in [-0.39, 0.29) is 29.0 Å². The summed E-state index contributed by atoms with van der Waals surface area (Å²) in [4.78, 5) is 17.1. The fourth-order valence-corrected chi connectivity index (χ4v) is 3.58. The van der Waals surface area contributed by atoms with Gasteiger partial charge in [-0.1, -0.05) is 29.8 Å². The van der Waals surface area contributed by atoms with Crippen LogP contribution < -0.4 is 0 Å². The third kappa shape index (κ3) is 3.26. The number of carbonyl (C=O) groups is 1. The summed E-state index contributed by atoms with van der Waals surface area (Å²) in [5.74, 6) is -2.38. The second-order valence-corrected chi connectivity index (χ2v) is 6.61. The lowest BCUT2D eigenvalue weighted by atomic mass is 9.79. The molecule has 138 valence electrons. The number of rotatable bonds is 3. The zero-order chi connectivity index (χ0) is 19.7. The molecule has 0 bridgehead atoms. The van der Waals surface area contributed by atoms with Gasteiger partial charge in [0.05, 0.1) is 23.8 Å². The molecule has 3 rings (SSSR count). The van der Waals surface area contributed by atoms with Crippen LogP contribution in [0.1, 0.15) is 30.9 Å². The number of nitrogens with zero attached hydrogens (tertiary/aromatic N) is 2. The van der Waals surface area contributed by atoms with Gasteiger partial charge >= 0.3 is 5.97 Å². The van der Waals surface area contributed by atoms with E-state index in [1.54, 1.807) is 13.8 Å². The van der Waals surface area contributed by atoms with Gasteiger partial charge in [0.15, 0.2) is 0 Å². The quantitative estimate of drug-likeness (QED) is 0.630. The highest BCUT2D eigenvalue weighted by Gasteiger charge is 2.42. The van der Waals surface area contributed by atoms with Crippen LogP contribution >= 0.6 is 11.6 Å². The summed E-state index contributed by atoms with van der Waals surface area (Å²) in [6.45, 7) is 5.39. The third-order valence-electron chi connectivity index (χ3n) is 4.57. The van der Waals surface area contributed by atoms with Gasteiger partial charge in [0, 0.05) is 11.3 Å². The van der Waals surface area contributed by atoms with Gasteiger partial charge in [-0.15, -0.1) is 0 Å². The van der Waals surface area contributed by atoms with Gasteiger partial charge in [-0.2, -0.15) is 5.26 Å². The Morgan fingerprint density at radius 3 is 2.85 bits per heavy atom. The number of hydrogen-bond acceptors (Lipinski definition) is 6. The highest BCUT2D eigenvalue weighted by atomic mass is 35.5. The van der Waals surface area contributed by atoms with Gasteiger partial charge in [0.25, 0.3) is 0 Å². The molecule has 0 spiro atoms. The summed E-state index contributed by atoms with van der Waals surface area (Å²) in [6, 6.07) is 9.60. The fraction of sp³-hybridized carbons (Fsp3) is 0.300. The SMILES string of the molecule is CCOC(=O)C1=C(C)OC(=N)C(C#N)C1c1cc2cccc(C)c2nc1Cl. The smallest absolute Gasteiger partial charge is 0.338 e. The first-order valence-electron chi connectivity index (χ1n) is 8.48. The van der Waals surface area contributed by atoms with Crippen molar-refractivity contribution in [1.82, 2.24) is 4.98 Å². The number of carbonyl (C=O) groups excluding carboxylic acids is 1. The maximum absolute atomic E-state index is 12.6. The van der Waals surface area contributed by atoms with Gasteiger partial charge in [0.1, 0.15) is 16.8 Å². The van der Waals surface area contributed by atoms with E-state index in [1.165, 1.54) is 0 Å². The van der Waals surface area contributed by atoms with Crippen molar-refractivity contribution in [3.8, 4) is 6.07 Å². The number of aryl methyl sites for hydroxylation is 1. The molecule has 0 aliphatic carbocycles. The zero-order valence-electron chi connectivity index (χ0n) is 15.2. The predicted molar refractivity (Wildman–Crippen MR) is 101 cm³/mol. The molecule has 27 heavy (non-hydrogen) atoms. The van der Waals surface area contributed by atoms with Gasteiger partial charge in [-0.3, -0.25) is 5.41 Å². The molecule has 2 heterocycles. The Morgan fingerprint density at radius 2 is 2.19 bits per heavy atom. The van der Waals surface area contributed by atoms with E-state index in [0.29, 0.717) is 5.56 Å². The van der Waals surface area contributed by atoms with E-state index in [1.807, 2.05) is 31.2 Å². The number of pyridine rings is 1. The second kappa shape index (κ2) is 7.37. The van der Waals surface area contributed by atoms with Crippen molar-refractivity contribution in [2.24, 2.45) is 5.92 Å². The molecule has 1 aromatic heterocycles. The fourth-order valence-electron chi connectivity index (χ4n) is 3.33. The van der Waals surface area contributed by atoms with Crippen LogP contribution in [0, 0.1) is 29.6 Å². The number of benzene rings is 1. The molecule has 2 aromatic rings. The lowest BCUT2D eigenvalue weighted by Crippen LogP contribution is -2.33. The summed E-state index contributed by atoms with van der Waals surface area (Å²) in [5.41, 5.74) is 2.40. The molecule has 0 amide bonds. The lowest BCUT2D eigenvalue weighted by Gasteiger charge is -2.30. The van der Waals surface area contributed by atoms with Crippen LogP contribution in [0.15, 0.2) is 35.6 Å². The average molecular weight is 384 g/mol. The van der Waals surface area contributed by atoms with Crippen LogP contribution in [0.5, 0.6) is 0 Å². The lowest BCUT2D eigenvalue weighted by molar-refractivity contribution is -0.139. The van der Waals surface area contributed by atoms with Crippen LogP contribution in [-0.4, -0.2) is 23.5 Å². The molecule has 1 aliphatic rings. The topological polar surface area (TPSA) is 96.1 Å². The number of allylic oxidation sites excluding steroid dienone is 1. The predicted octanol–water partition coefficient (Wildman–Crippen LogP) is 4.26. The third-order valence-corrected chi connectivity index (χ3v) is 4.87. The van der Waals surface area contributed by atoms with E-state index in [0.717, 1.165) is 16.5 Å². The van der Waals surface area contributed by atoms with Crippen molar-refractivity contribution in [3.63, 3.8) is 0 Å². The van der Waals surface area contributed by atoms with E-state index < -0.39 is 17.8 Å². The average Bonchev–Trinajstić information content (AvgIpc) is 2.61. The van der Waals surface area contributed by atoms with Crippen molar-refractivity contribution >= 4 is 34.4 Å². The molecule has 2 unspecified atom stereocenters. The van der Waals surface area contributed by atoms with Gasteiger partial charge in [-0.05, 0) is 38.0 Å². The number of ether oxygens (including phenoxy) is 2. The van der Waals surface area contributed by atoms with Crippen molar-refractivity contribution in [1.29, 1.82) is 10.7 Å². The Balaban J connectivity index is 2.27. The van der Waals surface area contributed by atoms with Crippen LogP contribution in [0.25, 0.3) is 10.9 Å². The van der Waals surface area contributed by atoms with Gasteiger partial charge < -0.3 is 9.47 Å². The summed E-state index contributed by atoms with van der Waals surface area (Å²) in [7, 11) is 0. The Labute approximate surface area is 161 Å². The van der Waals surface area contributed by atoms with E-state index in [2.05, 4.69) is 11.1 Å². The number of esters is 1. The van der Waals surface area contributed by atoms with Crippen molar-refractivity contribution in [2.45, 2.75) is 26.7 Å². The molecule has 1 N–H and O–H groups in total. The van der Waals surface area contributed by atoms with Crippen LogP contribution in [0.2, 0.25) is 5.15 Å². The molecule has 0 radical (unpaired) electrons. The standard InChI is InChI=1S/C20H18ClN3O3/c1-4-26-20(25)15-11(3)27-19(23)14(9-22)16(15)13-8-12-7-5-6-10(2)17(12)24-18(13)21/h5-8,14,16,23H,4H2,1-3H3. The number of para-hydroxylation sites is 1. The van der Waals surface area contributed by atoms with E-state index in [9.17, 15) is 10.1 Å². The second-order valence-electron chi connectivity index (χ2n) is 6.26. The molecule has 2 atom stereocenters. The Morgan fingerprint density at radius 1 is 1.44 bits per heavy atom.